The third-order valence-corrected chi connectivity index (χ3v) is 5.48. The molecule has 0 radical (unpaired) electrons. The maximum absolute atomic E-state index is 12.9. The van der Waals surface area contributed by atoms with E-state index in [2.05, 4.69) is 49.5 Å². The predicted octanol–water partition coefficient (Wildman–Crippen LogP) is 2.06. The number of carbonyl (C=O) groups excluding carboxylic acids is 1. The van der Waals surface area contributed by atoms with Crippen LogP contribution in [0.4, 0.5) is 11.4 Å². The van der Waals surface area contributed by atoms with E-state index in [9.17, 15) is 4.79 Å². The standard InChI is InChI=1S/C24H21N7O/c1-14-4-8-20-22(10-14)28-23(27-20)15(2)26-24(32)16-5-7-18-19(29-30-21(18)11-16)9-6-17-12-25-13-31(17)3/h4-5,7-8,10-13,15H,1-3H3,(H,26,32)(H,27,28)(H,29,30)/p+1. The number of aryl methyl sites for hydroxylation is 2. The van der Waals surface area contributed by atoms with E-state index < -0.39 is 0 Å². The zero-order valence-corrected chi connectivity index (χ0v) is 18.0. The van der Waals surface area contributed by atoms with Crippen molar-refractivity contribution in [2.45, 2.75) is 19.9 Å². The van der Waals surface area contributed by atoms with E-state index in [0.29, 0.717) is 16.8 Å². The Bertz CT molecular complexity index is 1450. The number of aliphatic imine (C=N–C) groups is 1. The van der Waals surface area contributed by atoms with E-state index in [4.69, 9.17) is 0 Å². The molecule has 4 N–H and O–H groups in total. The number of benzene rings is 2. The normalized spacial score (nSPS) is 13.3. The molecule has 1 amide bonds. The number of rotatable bonds is 3. The maximum atomic E-state index is 12.9. The first-order chi connectivity index (χ1) is 15.5. The molecule has 0 bridgehead atoms. The molecule has 4 aromatic rings. The summed E-state index contributed by atoms with van der Waals surface area (Å²) in [5.74, 6) is 6.84. The molecule has 158 valence electrons. The quantitative estimate of drug-likeness (QED) is 0.346. The number of amidine groups is 1. The lowest BCUT2D eigenvalue weighted by Gasteiger charge is -2.11. The van der Waals surface area contributed by atoms with E-state index in [1.54, 1.807) is 24.7 Å². The Morgan fingerprint density at radius 3 is 2.91 bits per heavy atom. The molecular formula is C24H22N7O+. The summed E-state index contributed by atoms with van der Waals surface area (Å²) in [6.07, 6.45) is 3.41. The minimum Gasteiger partial charge on any atom is -0.338 e. The number of amides is 1. The molecule has 0 saturated carbocycles. The van der Waals surface area contributed by atoms with Crippen molar-refractivity contribution < 1.29 is 10.1 Å². The van der Waals surface area contributed by atoms with Crippen molar-refractivity contribution in [3.05, 3.63) is 71.4 Å². The maximum Gasteiger partial charge on any atom is 0.252 e. The highest BCUT2D eigenvalue weighted by atomic mass is 16.1. The van der Waals surface area contributed by atoms with Crippen molar-refractivity contribution in [3.8, 4) is 11.8 Å². The third-order valence-electron chi connectivity index (χ3n) is 5.48. The van der Waals surface area contributed by atoms with Gasteiger partial charge in [0.15, 0.2) is 5.69 Å². The summed E-state index contributed by atoms with van der Waals surface area (Å²) in [4.78, 5) is 21.6. The van der Waals surface area contributed by atoms with E-state index >= 15 is 0 Å². The van der Waals surface area contributed by atoms with Gasteiger partial charge in [0.1, 0.15) is 23.1 Å². The second-order valence-corrected chi connectivity index (χ2v) is 7.91. The number of H-pyrrole nitrogens is 1. The van der Waals surface area contributed by atoms with Crippen molar-refractivity contribution in [1.82, 2.24) is 25.1 Å². The average molecular weight is 424 g/mol. The number of quaternary nitrogens is 1. The van der Waals surface area contributed by atoms with Gasteiger partial charge >= 0.3 is 0 Å². The van der Waals surface area contributed by atoms with Gasteiger partial charge in [-0.1, -0.05) is 6.07 Å². The summed E-state index contributed by atoms with van der Waals surface area (Å²) in [6, 6.07) is 11.4. The van der Waals surface area contributed by atoms with Crippen molar-refractivity contribution in [2.75, 3.05) is 0 Å². The van der Waals surface area contributed by atoms with Crippen LogP contribution in [-0.4, -0.2) is 37.5 Å². The summed E-state index contributed by atoms with van der Waals surface area (Å²) >= 11 is 0. The molecule has 1 aliphatic rings. The number of imidazole rings is 1. The first-order valence-electron chi connectivity index (χ1n) is 10.3. The van der Waals surface area contributed by atoms with Gasteiger partial charge < -0.3 is 9.88 Å². The van der Waals surface area contributed by atoms with E-state index in [0.717, 1.165) is 33.9 Å². The van der Waals surface area contributed by atoms with Crippen LogP contribution in [0.1, 0.15) is 34.2 Å². The van der Waals surface area contributed by atoms with Crippen LogP contribution in [0.5, 0.6) is 0 Å². The average Bonchev–Trinajstić information content (AvgIpc) is 3.49. The fraction of sp³-hybridized carbons (Fsp3) is 0.167. The Hall–Kier alpha value is -4.22. The number of nitrogens with one attached hydrogen (secondary N) is 2. The first-order valence-corrected chi connectivity index (χ1v) is 10.3. The van der Waals surface area contributed by atoms with Gasteiger partial charge in [-0.25, -0.2) is 4.98 Å². The van der Waals surface area contributed by atoms with Gasteiger partial charge in [0.25, 0.3) is 5.91 Å². The van der Waals surface area contributed by atoms with Crippen LogP contribution in [0.25, 0.3) is 10.9 Å². The van der Waals surface area contributed by atoms with Crippen molar-refractivity contribution in [1.29, 1.82) is 0 Å². The summed E-state index contributed by atoms with van der Waals surface area (Å²) in [5, 5.41) is 13.2. The molecule has 1 aliphatic heterocycles. The Labute approximate surface area is 184 Å². The van der Waals surface area contributed by atoms with Crippen LogP contribution < -0.4 is 10.6 Å². The number of nitrogens with zero attached hydrogens (tertiary/aromatic N) is 4. The molecule has 8 nitrogen and oxygen atoms in total. The van der Waals surface area contributed by atoms with Crippen LogP contribution >= 0.6 is 0 Å². The molecule has 1 atom stereocenters. The number of hydrogen-bond acceptors (Lipinski definition) is 4. The SMILES string of the molecule is Cc1ccc2c(c1)N=C(C(C)NC(=O)c1ccc3c(C#Cc4cncn4C)[nH]nc3c1)[NH2+]2. The molecule has 32 heavy (non-hydrogen) atoms. The Balaban J connectivity index is 1.32. The summed E-state index contributed by atoms with van der Waals surface area (Å²) in [5.41, 5.74) is 5.91. The minimum atomic E-state index is -0.217. The van der Waals surface area contributed by atoms with E-state index in [1.165, 1.54) is 0 Å². The summed E-state index contributed by atoms with van der Waals surface area (Å²) in [7, 11) is 1.89. The molecule has 1 unspecified atom stereocenters. The van der Waals surface area contributed by atoms with Crippen LogP contribution in [0.15, 0.2) is 53.9 Å². The predicted molar refractivity (Wildman–Crippen MR) is 122 cm³/mol. The molecule has 0 aliphatic carbocycles. The fourth-order valence-electron chi connectivity index (χ4n) is 3.63. The van der Waals surface area contributed by atoms with Crippen LogP contribution in [-0.2, 0) is 7.05 Å². The largest absolute Gasteiger partial charge is 0.338 e. The van der Waals surface area contributed by atoms with Gasteiger partial charge in [-0.2, -0.15) is 10.1 Å². The lowest BCUT2D eigenvalue weighted by molar-refractivity contribution is -0.442. The van der Waals surface area contributed by atoms with Gasteiger partial charge in [-0.05, 0) is 55.5 Å². The zero-order valence-electron chi connectivity index (χ0n) is 18.0. The topological polar surface area (TPSA) is 105 Å². The Morgan fingerprint density at radius 2 is 2.09 bits per heavy atom. The van der Waals surface area contributed by atoms with Gasteiger partial charge in [-0.15, -0.1) is 0 Å². The second kappa shape index (κ2) is 7.80. The molecule has 0 saturated heterocycles. The zero-order chi connectivity index (χ0) is 22.2. The number of carbonyl (C=O) groups is 1. The Kier molecular flexibility index (Phi) is 4.81. The van der Waals surface area contributed by atoms with E-state index in [1.807, 2.05) is 42.9 Å². The summed E-state index contributed by atoms with van der Waals surface area (Å²) in [6.45, 7) is 3.98. The molecule has 0 fully saturated rings. The van der Waals surface area contributed by atoms with Crippen molar-refractivity contribution in [3.63, 3.8) is 0 Å². The highest BCUT2D eigenvalue weighted by Crippen LogP contribution is 2.25. The minimum absolute atomic E-state index is 0.173. The van der Waals surface area contributed by atoms with E-state index in [-0.39, 0.29) is 11.9 Å². The third kappa shape index (κ3) is 3.66. The Morgan fingerprint density at radius 1 is 1.22 bits per heavy atom. The highest BCUT2D eigenvalue weighted by molar-refractivity contribution is 6.01. The molecule has 8 heteroatoms. The van der Waals surface area contributed by atoms with Gasteiger partial charge in [0, 0.05) is 24.1 Å². The molecule has 0 spiro atoms. The molecule has 5 rings (SSSR count). The number of aromatic amines is 1. The smallest absolute Gasteiger partial charge is 0.252 e. The number of nitrogens with two attached hydrogens (primary N) is 1. The van der Waals surface area contributed by atoms with Gasteiger partial charge in [-0.3, -0.25) is 15.2 Å². The highest BCUT2D eigenvalue weighted by Gasteiger charge is 2.26. The fourth-order valence-corrected chi connectivity index (χ4v) is 3.63. The molecule has 2 aromatic carbocycles. The van der Waals surface area contributed by atoms with Crippen LogP contribution in [0.3, 0.4) is 0 Å². The first kappa shape index (κ1) is 19.7. The molecule has 2 aromatic heterocycles. The van der Waals surface area contributed by atoms with Crippen LogP contribution in [0.2, 0.25) is 0 Å². The number of fused-ring (bicyclic) bond motifs is 2. The lowest BCUT2D eigenvalue weighted by atomic mass is 10.1. The molecule has 3 heterocycles. The van der Waals surface area contributed by atoms with Crippen molar-refractivity contribution >= 4 is 34.0 Å². The lowest BCUT2D eigenvalue weighted by Crippen LogP contribution is -2.84. The van der Waals surface area contributed by atoms with Gasteiger partial charge in [0.2, 0.25) is 5.84 Å². The number of hydrogen-bond donors (Lipinski definition) is 3. The van der Waals surface area contributed by atoms with Gasteiger partial charge in [0.05, 0.1) is 18.0 Å². The molecular weight excluding hydrogens is 402 g/mol. The van der Waals surface area contributed by atoms with Crippen LogP contribution in [0, 0.1) is 18.8 Å². The van der Waals surface area contributed by atoms with Crippen molar-refractivity contribution in [2.24, 2.45) is 12.0 Å². The number of aromatic nitrogens is 4. The second-order valence-electron chi connectivity index (χ2n) is 7.91. The monoisotopic (exact) mass is 424 g/mol. The summed E-state index contributed by atoms with van der Waals surface area (Å²) < 4.78 is 1.85.